The van der Waals surface area contributed by atoms with Crippen molar-refractivity contribution in [3.63, 3.8) is 0 Å². The van der Waals surface area contributed by atoms with Gasteiger partial charge in [-0.2, -0.15) is 0 Å². The number of allylic oxidation sites excluding steroid dienone is 4. The Morgan fingerprint density at radius 3 is 2.18 bits per heavy atom. The van der Waals surface area contributed by atoms with Crippen molar-refractivity contribution in [2.45, 2.75) is 26.2 Å². The molecule has 0 heterocycles. The molecule has 0 nitrogen and oxygen atoms in total. The molecule has 110 valence electrons. The smallest absolute Gasteiger partial charge is 0.000213 e. The molecule has 0 saturated heterocycles. The second-order valence-electron chi connectivity index (χ2n) is 7.05. The molecule has 2 aliphatic rings. The summed E-state index contributed by atoms with van der Waals surface area (Å²) < 4.78 is 0. The Bertz CT molecular complexity index is 732. The van der Waals surface area contributed by atoms with Crippen LogP contribution in [0.15, 0.2) is 78.4 Å². The van der Waals surface area contributed by atoms with Crippen LogP contribution in [-0.4, -0.2) is 0 Å². The van der Waals surface area contributed by atoms with Crippen LogP contribution in [0.2, 0.25) is 0 Å². The first kappa shape index (κ1) is 13.6. The number of hydrogen-bond donors (Lipinski definition) is 0. The molecule has 0 aromatic heterocycles. The number of fused-ring (bicyclic) bond motifs is 1. The molecule has 0 bridgehead atoms. The van der Waals surface area contributed by atoms with E-state index < -0.39 is 0 Å². The van der Waals surface area contributed by atoms with E-state index in [0.29, 0.717) is 11.8 Å². The van der Waals surface area contributed by atoms with Crippen LogP contribution in [0.4, 0.5) is 0 Å². The normalized spacial score (nSPS) is 25.5. The predicted molar refractivity (Wildman–Crippen MR) is 93.6 cm³/mol. The van der Waals surface area contributed by atoms with Crippen molar-refractivity contribution in [2.24, 2.45) is 11.3 Å². The molecule has 0 fully saturated rings. The summed E-state index contributed by atoms with van der Waals surface area (Å²) >= 11 is 0. The van der Waals surface area contributed by atoms with Crippen LogP contribution in [0.1, 0.15) is 37.3 Å². The molecular formula is C22H22. The summed E-state index contributed by atoms with van der Waals surface area (Å²) in [5.41, 5.74) is 6.13. The summed E-state index contributed by atoms with van der Waals surface area (Å²) in [6.07, 6.45) is 5.90. The summed E-state index contributed by atoms with van der Waals surface area (Å²) in [5.74, 6) is 1.20. The Kier molecular flexibility index (Phi) is 3.07. The molecule has 2 aromatic carbocycles. The molecule has 0 N–H and O–H groups in total. The maximum absolute atomic E-state index is 2.42. The fraction of sp³-hybridized carbons (Fsp3) is 0.273. The second-order valence-corrected chi connectivity index (χ2v) is 7.05. The SMILES string of the molecule is CC1(C)C(c2ccccc2)=C2C=CCC2C1c1ccccc1. The van der Waals surface area contributed by atoms with Gasteiger partial charge < -0.3 is 0 Å². The van der Waals surface area contributed by atoms with E-state index in [-0.39, 0.29) is 5.41 Å². The summed E-state index contributed by atoms with van der Waals surface area (Å²) in [5, 5.41) is 0. The highest BCUT2D eigenvalue weighted by molar-refractivity contribution is 5.80. The van der Waals surface area contributed by atoms with Crippen molar-refractivity contribution in [3.8, 4) is 0 Å². The van der Waals surface area contributed by atoms with Crippen molar-refractivity contribution in [3.05, 3.63) is 89.5 Å². The molecule has 0 radical (unpaired) electrons. The van der Waals surface area contributed by atoms with Gasteiger partial charge in [-0.15, -0.1) is 0 Å². The highest BCUT2D eigenvalue weighted by atomic mass is 14.5. The molecule has 0 aliphatic heterocycles. The van der Waals surface area contributed by atoms with Gasteiger partial charge in [0.1, 0.15) is 0 Å². The molecule has 22 heavy (non-hydrogen) atoms. The quantitative estimate of drug-likeness (QED) is 0.650. The van der Waals surface area contributed by atoms with Gasteiger partial charge in [0.25, 0.3) is 0 Å². The molecule has 0 amide bonds. The Hall–Kier alpha value is -2.08. The van der Waals surface area contributed by atoms with E-state index in [1.54, 1.807) is 11.1 Å². The van der Waals surface area contributed by atoms with E-state index in [1.807, 2.05) is 0 Å². The van der Waals surface area contributed by atoms with Gasteiger partial charge in [-0.25, -0.2) is 0 Å². The largest absolute Gasteiger partial charge is 0.0836 e. The molecule has 0 heteroatoms. The van der Waals surface area contributed by atoms with Crippen molar-refractivity contribution >= 4 is 5.57 Å². The van der Waals surface area contributed by atoms with Gasteiger partial charge in [0, 0.05) is 5.92 Å². The van der Waals surface area contributed by atoms with Gasteiger partial charge in [-0.3, -0.25) is 0 Å². The van der Waals surface area contributed by atoms with Crippen molar-refractivity contribution < 1.29 is 0 Å². The van der Waals surface area contributed by atoms with Crippen LogP contribution in [0.5, 0.6) is 0 Å². The van der Waals surface area contributed by atoms with E-state index >= 15 is 0 Å². The number of benzene rings is 2. The number of hydrogen-bond acceptors (Lipinski definition) is 0. The van der Waals surface area contributed by atoms with Crippen LogP contribution in [0.25, 0.3) is 5.57 Å². The first-order chi connectivity index (χ1) is 10.7. The third kappa shape index (κ3) is 1.90. The summed E-state index contributed by atoms with van der Waals surface area (Å²) in [4.78, 5) is 0. The average Bonchev–Trinajstić information content (AvgIpc) is 3.05. The molecule has 0 spiro atoms. The lowest BCUT2D eigenvalue weighted by molar-refractivity contribution is 0.347. The lowest BCUT2D eigenvalue weighted by Crippen LogP contribution is -2.23. The minimum atomic E-state index is 0.160. The number of rotatable bonds is 2. The Labute approximate surface area is 133 Å². The topological polar surface area (TPSA) is 0 Å². The lowest BCUT2D eigenvalue weighted by Gasteiger charge is -2.34. The predicted octanol–water partition coefficient (Wildman–Crippen LogP) is 5.84. The van der Waals surface area contributed by atoms with Crippen LogP contribution < -0.4 is 0 Å². The van der Waals surface area contributed by atoms with E-state index in [1.165, 1.54) is 17.5 Å². The lowest BCUT2D eigenvalue weighted by atomic mass is 9.69. The van der Waals surface area contributed by atoms with Gasteiger partial charge in [-0.05, 0) is 40.0 Å². The zero-order chi connectivity index (χ0) is 15.2. The maximum atomic E-state index is 2.42. The van der Waals surface area contributed by atoms with Crippen molar-refractivity contribution in [1.82, 2.24) is 0 Å². The van der Waals surface area contributed by atoms with Crippen LogP contribution >= 0.6 is 0 Å². The molecule has 2 unspecified atom stereocenters. The zero-order valence-electron chi connectivity index (χ0n) is 13.3. The molecule has 2 atom stereocenters. The van der Waals surface area contributed by atoms with E-state index in [0.717, 1.165) is 0 Å². The van der Waals surface area contributed by atoms with Crippen LogP contribution in [-0.2, 0) is 0 Å². The molecular weight excluding hydrogens is 264 g/mol. The Morgan fingerprint density at radius 1 is 0.864 bits per heavy atom. The fourth-order valence-corrected chi connectivity index (χ4v) is 4.66. The standard InChI is InChI=1S/C22H22/c1-22(2)20(16-10-5-3-6-11-16)18-14-9-15-19(18)21(22)17-12-7-4-8-13-17/h3-14,19,21H,15H2,1-2H3. The maximum Gasteiger partial charge on any atom is 0.000213 e. The highest BCUT2D eigenvalue weighted by Gasteiger charge is 2.48. The third-order valence-corrected chi connectivity index (χ3v) is 5.42. The summed E-state index contributed by atoms with van der Waals surface area (Å²) in [7, 11) is 0. The summed E-state index contributed by atoms with van der Waals surface area (Å²) in [6, 6.07) is 22.0. The molecule has 4 rings (SSSR count). The third-order valence-electron chi connectivity index (χ3n) is 5.42. The average molecular weight is 286 g/mol. The monoisotopic (exact) mass is 286 g/mol. The van der Waals surface area contributed by atoms with Crippen LogP contribution in [0, 0.1) is 11.3 Å². The highest BCUT2D eigenvalue weighted by Crippen LogP contribution is 2.61. The van der Waals surface area contributed by atoms with Crippen molar-refractivity contribution in [1.29, 1.82) is 0 Å². The molecule has 0 saturated carbocycles. The van der Waals surface area contributed by atoms with Gasteiger partial charge in [-0.1, -0.05) is 86.7 Å². The van der Waals surface area contributed by atoms with E-state index in [4.69, 9.17) is 0 Å². The second kappa shape index (κ2) is 4.98. The zero-order valence-corrected chi connectivity index (χ0v) is 13.3. The molecule has 2 aliphatic carbocycles. The first-order valence-electron chi connectivity index (χ1n) is 8.21. The Morgan fingerprint density at radius 2 is 1.50 bits per heavy atom. The summed E-state index contributed by atoms with van der Waals surface area (Å²) in [6.45, 7) is 4.85. The minimum Gasteiger partial charge on any atom is -0.0836 e. The van der Waals surface area contributed by atoms with E-state index in [9.17, 15) is 0 Å². The van der Waals surface area contributed by atoms with Crippen molar-refractivity contribution in [2.75, 3.05) is 0 Å². The van der Waals surface area contributed by atoms with Gasteiger partial charge >= 0.3 is 0 Å². The fourth-order valence-electron chi connectivity index (χ4n) is 4.66. The van der Waals surface area contributed by atoms with Crippen LogP contribution in [0.3, 0.4) is 0 Å². The van der Waals surface area contributed by atoms with E-state index in [2.05, 4.69) is 86.7 Å². The Balaban J connectivity index is 1.88. The van der Waals surface area contributed by atoms with Gasteiger partial charge in [0.2, 0.25) is 0 Å². The minimum absolute atomic E-state index is 0.160. The van der Waals surface area contributed by atoms with Gasteiger partial charge in [0.05, 0.1) is 0 Å². The van der Waals surface area contributed by atoms with Gasteiger partial charge in [0.15, 0.2) is 0 Å². The first-order valence-corrected chi connectivity index (χ1v) is 8.21. The molecule has 2 aromatic rings.